The second kappa shape index (κ2) is 6.59. The Morgan fingerprint density at radius 3 is 2.65 bits per heavy atom. The number of amides is 1. The maximum Gasteiger partial charge on any atom is 0.250 e. The molecule has 0 fully saturated rings. The van der Waals surface area contributed by atoms with E-state index in [1.165, 1.54) is 10.4 Å². The summed E-state index contributed by atoms with van der Waals surface area (Å²) in [6.45, 7) is 0.781. The van der Waals surface area contributed by atoms with Crippen LogP contribution in [0.5, 0.6) is 0 Å². The molecule has 1 aromatic heterocycles. The highest BCUT2D eigenvalue weighted by Crippen LogP contribution is 2.27. The van der Waals surface area contributed by atoms with Crippen molar-refractivity contribution in [1.82, 2.24) is 20.2 Å². The summed E-state index contributed by atoms with van der Waals surface area (Å²) in [5.74, 6) is 0.492. The lowest BCUT2D eigenvalue weighted by atomic mass is 10.2. The van der Waals surface area contributed by atoms with E-state index in [0.717, 1.165) is 23.4 Å². The number of para-hydroxylation sites is 1. The number of fused-ring (bicyclic) bond motifs is 1. The Labute approximate surface area is 151 Å². The van der Waals surface area contributed by atoms with Gasteiger partial charge in [0.1, 0.15) is 6.54 Å². The molecule has 3 aromatic rings. The Kier molecular flexibility index (Phi) is 4.12. The first-order chi connectivity index (χ1) is 12.6. The van der Waals surface area contributed by atoms with Gasteiger partial charge >= 0.3 is 0 Å². The van der Waals surface area contributed by atoms with Crippen molar-refractivity contribution in [3.8, 4) is 11.4 Å². The number of hydrogen-bond donors (Lipinski definition) is 0. The fourth-order valence-electron chi connectivity index (χ4n) is 3.14. The van der Waals surface area contributed by atoms with Crippen LogP contribution < -0.4 is 9.80 Å². The lowest BCUT2D eigenvalue weighted by molar-refractivity contribution is -0.119. The summed E-state index contributed by atoms with van der Waals surface area (Å²) in [7, 11) is 3.98. The van der Waals surface area contributed by atoms with Gasteiger partial charge in [-0.2, -0.15) is 4.80 Å². The van der Waals surface area contributed by atoms with Crippen LogP contribution in [0.15, 0.2) is 48.5 Å². The second-order valence-electron chi connectivity index (χ2n) is 6.51. The number of nitrogens with zero attached hydrogens (tertiary/aromatic N) is 6. The molecule has 0 radical (unpaired) electrons. The molecule has 0 saturated heterocycles. The summed E-state index contributed by atoms with van der Waals surface area (Å²) in [4.78, 5) is 17.8. The minimum atomic E-state index is -0.0261. The zero-order valence-corrected chi connectivity index (χ0v) is 14.8. The number of benzene rings is 2. The van der Waals surface area contributed by atoms with Gasteiger partial charge in [-0.15, -0.1) is 10.2 Å². The molecule has 4 rings (SSSR count). The van der Waals surface area contributed by atoms with Gasteiger partial charge in [-0.3, -0.25) is 4.79 Å². The molecule has 1 aliphatic heterocycles. The molecule has 0 atom stereocenters. The van der Waals surface area contributed by atoms with Crippen LogP contribution in [-0.2, 0) is 17.8 Å². The summed E-state index contributed by atoms with van der Waals surface area (Å²) in [5, 5.41) is 12.5. The smallest absolute Gasteiger partial charge is 0.250 e. The molecular weight excluding hydrogens is 328 g/mol. The molecule has 1 aliphatic rings. The van der Waals surface area contributed by atoms with Gasteiger partial charge in [-0.1, -0.05) is 18.2 Å². The zero-order chi connectivity index (χ0) is 18.1. The van der Waals surface area contributed by atoms with E-state index in [-0.39, 0.29) is 12.5 Å². The monoisotopic (exact) mass is 348 g/mol. The van der Waals surface area contributed by atoms with Crippen LogP contribution in [0.25, 0.3) is 11.4 Å². The van der Waals surface area contributed by atoms with Crippen LogP contribution in [0.3, 0.4) is 0 Å². The van der Waals surface area contributed by atoms with Gasteiger partial charge in [0.15, 0.2) is 0 Å². The number of tetrazole rings is 1. The third kappa shape index (κ3) is 3.03. The van der Waals surface area contributed by atoms with Crippen molar-refractivity contribution < 1.29 is 4.79 Å². The van der Waals surface area contributed by atoms with E-state index in [2.05, 4.69) is 21.5 Å². The van der Waals surface area contributed by atoms with Crippen molar-refractivity contribution in [2.45, 2.75) is 13.0 Å². The summed E-state index contributed by atoms with van der Waals surface area (Å²) < 4.78 is 0. The van der Waals surface area contributed by atoms with Gasteiger partial charge in [0.25, 0.3) is 5.91 Å². The van der Waals surface area contributed by atoms with Crippen LogP contribution in [-0.4, -0.2) is 46.8 Å². The summed E-state index contributed by atoms with van der Waals surface area (Å²) in [6.07, 6.45) is 0.885. The average Bonchev–Trinajstić information content (AvgIpc) is 3.28. The first kappa shape index (κ1) is 16.3. The van der Waals surface area contributed by atoms with Gasteiger partial charge in [-0.05, 0) is 47.5 Å². The molecule has 2 aromatic carbocycles. The maximum atomic E-state index is 12.6. The van der Waals surface area contributed by atoms with Crippen molar-refractivity contribution in [3.63, 3.8) is 0 Å². The van der Waals surface area contributed by atoms with Gasteiger partial charge in [0, 0.05) is 37.6 Å². The largest absolute Gasteiger partial charge is 0.378 e. The van der Waals surface area contributed by atoms with Crippen LogP contribution in [0.4, 0.5) is 11.4 Å². The number of carbonyl (C=O) groups is 1. The van der Waals surface area contributed by atoms with Gasteiger partial charge in [0.2, 0.25) is 5.82 Å². The SMILES string of the molecule is CN(C)c1ccc(-c2nnn(CC(=O)N3CCc4ccccc43)n2)cc1. The van der Waals surface area contributed by atoms with E-state index in [1.807, 2.05) is 61.5 Å². The third-order valence-corrected chi connectivity index (χ3v) is 4.56. The summed E-state index contributed by atoms with van der Waals surface area (Å²) in [6, 6.07) is 15.9. The molecule has 26 heavy (non-hydrogen) atoms. The van der Waals surface area contributed by atoms with Crippen LogP contribution >= 0.6 is 0 Å². The molecule has 0 saturated carbocycles. The first-order valence-electron chi connectivity index (χ1n) is 8.55. The average molecular weight is 348 g/mol. The predicted molar refractivity (Wildman–Crippen MR) is 100 cm³/mol. The van der Waals surface area contributed by atoms with Crippen LogP contribution in [0.2, 0.25) is 0 Å². The topological polar surface area (TPSA) is 67.2 Å². The van der Waals surface area contributed by atoms with E-state index >= 15 is 0 Å². The Balaban J connectivity index is 1.48. The Morgan fingerprint density at radius 2 is 1.88 bits per heavy atom. The summed E-state index contributed by atoms with van der Waals surface area (Å²) in [5.41, 5.74) is 4.16. The molecule has 7 heteroatoms. The Bertz CT molecular complexity index is 931. The standard InChI is InChI=1S/C19H20N6O/c1-23(2)16-9-7-15(8-10-16)19-20-22-25(21-19)13-18(26)24-12-11-14-5-3-4-6-17(14)24/h3-10H,11-13H2,1-2H3. The van der Waals surface area contributed by atoms with Gasteiger partial charge in [-0.25, -0.2) is 0 Å². The van der Waals surface area contributed by atoms with E-state index < -0.39 is 0 Å². The molecule has 0 aliphatic carbocycles. The van der Waals surface area contributed by atoms with Crippen molar-refractivity contribution in [3.05, 3.63) is 54.1 Å². The van der Waals surface area contributed by atoms with Crippen LogP contribution in [0.1, 0.15) is 5.56 Å². The van der Waals surface area contributed by atoms with E-state index in [4.69, 9.17) is 0 Å². The van der Waals surface area contributed by atoms with Crippen molar-refractivity contribution in [1.29, 1.82) is 0 Å². The minimum Gasteiger partial charge on any atom is -0.378 e. The number of hydrogen-bond acceptors (Lipinski definition) is 5. The third-order valence-electron chi connectivity index (χ3n) is 4.56. The van der Waals surface area contributed by atoms with Crippen molar-refractivity contribution in [2.75, 3.05) is 30.4 Å². The van der Waals surface area contributed by atoms with E-state index in [1.54, 1.807) is 4.90 Å². The Hall–Kier alpha value is -3.22. The van der Waals surface area contributed by atoms with Gasteiger partial charge < -0.3 is 9.80 Å². The fourth-order valence-corrected chi connectivity index (χ4v) is 3.14. The van der Waals surface area contributed by atoms with Crippen LogP contribution in [0, 0.1) is 0 Å². The highest BCUT2D eigenvalue weighted by molar-refractivity contribution is 5.95. The minimum absolute atomic E-state index is 0.0261. The quantitative estimate of drug-likeness (QED) is 0.721. The number of carbonyl (C=O) groups excluding carboxylic acids is 1. The highest BCUT2D eigenvalue weighted by atomic mass is 16.2. The molecule has 7 nitrogen and oxygen atoms in total. The van der Waals surface area contributed by atoms with E-state index in [9.17, 15) is 4.79 Å². The normalized spacial score (nSPS) is 12.9. The molecule has 2 heterocycles. The molecular formula is C19H20N6O. The first-order valence-corrected chi connectivity index (χ1v) is 8.55. The highest BCUT2D eigenvalue weighted by Gasteiger charge is 2.24. The van der Waals surface area contributed by atoms with Crippen molar-refractivity contribution >= 4 is 17.3 Å². The fraction of sp³-hybridized carbons (Fsp3) is 0.263. The lowest BCUT2D eigenvalue weighted by Crippen LogP contribution is -2.32. The molecule has 132 valence electrons. The lowest BCUT2D eigenvalue weighted by Gasteiger charge is -2.16. The molecule has 1 amide bonds. The molecule has 0 bridgehead atoms. The maximum absolute atomic E-state index is 12.6. The zero-order valence-electron chi connectivity index (χ0n) is 14.8. The molecule has 0 unspecified atom stereocenters. The second-order valence-corrected chi connectivity index (χ2v) is 6.51. The molecule has 0 N–H and O–H groups in total. The number of aromatic nitrogens is 4. The number of anilines is 2. The van der Waals surface area contributed by atoms with E-state index in [0.29, 0.717) is 12.4 Å². The predicted octanol–water partition coefficient (Wildman–Crippen LogP) is 2.00. The van der Waals surface area contributed by atoms with Crippen molar-refractivity contribution in [2.24, 2.45) is 0 Å². The number of rotatable bonds is 4. The summed E-state index contributed by atoms with van der Waals surface area (Å²) >= 11 is 0. The molecule has 0 spiro atoms. The van der Waals surface area contributed by atoms with Gasteiger partial charge in [0.05, 0.1) is 0 Å². The Morgan fingerprint density at radius 1 is 1.12 bits per heavy atom.